The summed E-state index contributed by atoms with van der Waals surface area (Å²) in [5.41, 5.74) is 0. The summed E-state index contributed by atoms with van der Waals surface area (Å²) in [4.78, 5) is 9.90. The van der Waals surface area contributed by atoms with Crippen molar-refractivity contribution in [3.63, 3.8) is 0 Å². The standard InChI is InChI=1S/C5H8O4/c1-4(5(7)8)9-3-2-6/h6H,1-3H2,(H,7,8). The van der Waals surface area contributed by atoms with Crippen LogP contribution in [0.2, 0.25) is 0 Å². The lowest BCUT2D eigenvalue weighted by Gasteiger charge is -2.00. The van der Waals surface area contributed by atoms with Crippen LogP contribution in [0.25, 0.3) is 0 Å². The van der Waals surface area contributed by atoms with Gasteiger partial charge in [-0.25, -0.2) is 4.79 Å². The molecule has 52 valence electrons. The molecule has 4 nitrogen and oxygen atoms in total. The van der Waals surface area contributed by atoms with Gasteiger partial charge >= 0.3 is 5.97 Å². The first kappa shape index (κ1) is 7.97. The van der Waals surface area contributed by atoms with Crippen molar-refractivity contribution in [2.45, 2.75) is 0 Å². The number of aliphatic carboxylic acids is 1. The maximum absolute atomic E-state index is 9.90. The zero-order valence-corrected chi connectivity index (χ0v) is 4.83. The van der Waals surface area contributed by atoms with E-state index in [0.717, 1.165) is 0 Å². The van der Waals surface area contributed by atoms with Crippen molar-refractivity contribution >= 4 is 5.97 Å². The van der Waals surface area contributed by atoms with Crippen molar-refractivity contribution in [2.24, 2.45) is 0 Å². The second-order valence-electron chi connectivity index (χ2n) is 1.30. The molecule has 0 bridgehead atoms. The lowest BCUT2D eigenvalue weighted by Crippen LogP contribution is -2.06. The molecule has 4 heteroatoms. The first-order valence-corrected chi connectivity index (χ1v) is 2.34. The zero-order valence-electron chi connectivity index (χ0n) is 4.83. The van der Waals surface area contributed by atoms with Crippen LogP contribution >= 0.6 is 0 Å². The Morgan fingerprint density at radius 3 is 2.56 bits per heavy atom. The van der Waals surface area contributed by atoms with Crippen molar-refractivity contribution in [3.8, 4) is 0 Å². The van der Waals surface area contributed by atoms with Crippen molar-refractivity contribution in [3.05, 3.63) is 12.3 Å². The van der Waals surface area contributed by atoms with Crippen molar-refractivity contribution in [1.82, 2.24) is 0 Å². The second kappa shape index (κ2) is 3.91. The molecule has 0 radical (unpaired) electrons. The molecule has 0 aliphatic carbocycles. The number of carboxylic acid groups (broad SMARTS) is 1. The van der Waals surface area contributed by atoms with Gasteiger partial charge in [0, 0.05) is 0 Å². The molecule has 0 aromatic heterocycles. The van der Waals surface area contributed by atoms with Crippen LogP contribution in [-0.4, -0.2) is 29.4 Å². The van der Waals surface area contributed by atoms with E-state index in [-0.39, 0.29) is 19.0 Å². The predicted molar refractivity (Wildman–Crippen MR) is 29.8 cm³/mol. The van der Waals surface area contributed by atoms with Crippen LogP contribution in [0.5, 0.6) is 0 Å². The molecule has 0 atom stereocenters. The predicted octanol–water partition coefficient (Wildman–Crippen LogP) is -0.406. The fraction of sp³-hybridized carbons (Fsp3) is 0.400. The Kier molecular flexibility index (Phi) is 3.46. The highest BCUT2D eigenvalue weighted by atomic mass is 16.5. The van der Waals surface area contributed by atoms with Gasteiger partial charge in [-0.1, -0.05) is 0 Å². The van der Waals surface area contributed by atoms with Gasteiger partial charge in [0.2, 0.25) is 0 Å². The van der Waals surface area contributed by atoms with Crippen LogP contribution in [0.3, 0.4) is 0 Å². The number of aliphatic hydroxyl groups is 1. The van der Waals surface area contributed by atoms with Crippen LogP contribution in [0, 0.1) is 0 Å². The minimum atomic E-state index is -1.21. The molecule has 0 aliphatic heterocycles. The SMILES string of the molecule is C=C(OCCO)C(=O)O. The number of carbonyl (C=O) groups is 1. The molecule has 0 rings (SSSR count). The van der Waals surface area contributed by atoms with E-state index in [1.807, 2.05) is 0 Å². The number of carboxylic acids is 1. The van der Waals surface area contributed by atoms with Crippen LogP contribution < -0.4 is 0 Å². The second-order valence-corrected chi connectivity index (χ2v) is 1.30. The Bertz CT molecular complexity index is 118. The molecular formula is C5H8O4. The highest BCUT2D eigenvalue weighted by Crippen LogP contribution is 1.90. The van der Waals surface area contributed by atoms with Gasteiger partial charge in [-0.15, -0.1) is 0 Å². The number of hydrogen-bond acceptors (Lipinski definition) is 3. The number of rotatable bonds is 4. The monoisotopic (exact) mass is 132 g/mol. The highest BCUT2D eigenvalue weighted by molar-refractivity contribution is 5.83. The van der Waals surface area contributed by atoms with E-state index in [1.54, 1.807) is 0 Å². The molecule has 0 saturated carbocycles. The molecule has 9 heavy (non-hydrogen) atoms. The summed E-state index contributed by atoms with van der Waals surface area (Å²) in [7, 11) is 0. The van der Waals surface area contributed by atoms with Crippen LogP contribution in [0.15, 0.2) is 12.3 Å². The third kappa shape index (κ3) is 3.54. The Balaban J connectivity index is 3.39. The Hall–Kier alpha value is -1.03. The van der Waals surface area contributed by atoms with Gasteiger partial charge in [0.15, 0.2) is 5.76 Å². The molecule has 0 saturated heterocycles. The van der Waals surface area contributed by atoms with E-state index in [2.05, 4.69) is 11.3 Å². The Morgan fingerprint density at radius 2 is 2.22 bits per heavy atom. The van der Waals surface area contributed by atoms with E-state index in [4.69, 9.17) is 10.2 Å². The number of ether oxygens (including phenoxy) is 1. The van der Waals surface area contributed by atoms with Gasteiger partial charge in [0.1, 0.15) is 6.61 Å². The minimum absolute atomic E-state index is 0.0227. The van der Waals surface area contributed by atoms with Gasteiger partial charge in [-0.05, 0) is 6.58 Å². The van der Waals surface area contributed by atoms with Gasteiger partial charge in [-0.3, -0.25) is 0 Å². The summed E-state index contributed by atoms with van der Waals surface area (Å²) in [6, 6.07) is 0. The minimum Gasteiger partial charge on any atom is -0.485 e. The molecule has 0 unspecified atom stereocenters. The van der Waals surface area contributed by atoms with E-state index in [0.29, 0.717) is 0 Å². The molecule has 0 fully saturated rings. The third-order valence-electron chi connectivity index (χ3n) is 0.606. The van der Waals surface area contributed by atoms with E-state index >= 15 is 0 Å². The molecular weight excluding hydrogens is 124 g/mol. The fourth-order valence-electron chi connectivity index (χ4n) is 0.231. The van der Waals surface area contributed by atoms with Crippen molar-refractivity contribution in [1.29, 1.82) is 0 Å². The summed E-state index contributed by atoms with van der Waals surface area (Å²) >= 11 is 0. The maximum atomic E-state index is 9.90. The summed E-state index contributed by atoms with van der Waals surface area (Å²) in [5, 5.41) is 16.2. The highest BCUT2D eigenvalue weighted by Gasteiger charge is 2.02. The quantitative estimate of drug-likeness (QED) is 0.403. The lowest BCUT2D eigenvalue weighted by atomic mass is 10.6. The summed E-state index contributed by atoms with van der Waals surface area (Å²) in [5.74, 6) is -1.55. The average Bonchev–Trinajstić information content (AvgIpc) is 1.82. The molecule has 0 amide bonds. The van der Waals surface area contributed by atoms with Crippen LogP contribution in [-0.2, 0) is 9.53 Å². The van der Waals surface area contributed by atoms with E-state index in [1.165, 1.54) is 0 Å². The molecule has 0 spiro atoms. The smallest absolute Gasteiger partial charge is 0.370 e. The average molecular weight is 132 g/mol. The summed E-state index contributed by atoms with van der Waals surface area (Å²) in [6.45, 7) is 2.83. The van der Waals surface area contributed by atoms with Gasteiger partial charge in [0.05, 0.1) is 6.61 Å². The summed E-state index contributed by atoms with van der Waals surface area (Å²) in [6.07, 6.45) is 0. The summed E-state index contributed by atoms with van der Waals surface area (Å²) < 4.78 is 4.41. The Morgan fingerprint density at radius 1 is 1.67 bits per heavy atom. The lowest BCUT2D eigenvalue weighted by molar-refractivity contribution is -0.136. The first-order valence-electron chi connectivity index (χ1n) is 2.34. The van der Waals surface area contributed by atoms with Crippen molar-refractivity contribution in [2.75, 3.05) is 13.2 Å². The molecule has 0 aliphatic rings. The zero-order chi connectivity index (χ0) is 7.28. The largest absolute Gasteiger partial charge is 0.485 e. The van der Waals surface area contributed by atoms with Crippen molar-refractivity contribution < 1.29 is 19.7 Å². The number of hydrogen-bond donors (Lipinski definition) is 2. The van der Waals surface area contributed by atoms with E-state index in [9.17, 15) is 4.79 Å². The first-order chi connectivity index (χ1) is 4.18. The normalized spacial score (nSPS) is 8.56. The third-order valence-corrected chi connectivity index (χ3v) is 0.606. The topological polar surface area (TPSA) is 66.8 Å². The molecule has 0 aromatic rings. The Labute approximate surface area is 52.4 Å². The van der Waals surface area contributed by atoms with Crippen LogP contribution in [0.4, 0.5) is 0 Å². The molecule has 2 N–H and O–H groups in total. The molecule has 0 aromatic carbocycles. The fourth-order valence-corrected chi connectivity index (χ4v) is 0.231. The van der Waals surface area contributed by atoms with Crippen LogP contribution in [0.1, 0.15) is 0 Å². The van der Waals surface area contributed by atoms with Gasteiger partial charge < -0.3 is 14.9 Å². The maximum Gasteiger partial charge on any atom is 0.370 e. The number of aliphatic hydroxyl groups excluding tert-OH is 1. The van der Waals surface area contributed by atoms with Gasteiger partial charge in [0.25, 0.3) is 0 Å². The molecule has 0 heterocycles. The van der Waals surface area contributed by atoms with E-state index < -0.39 is 5.97 Å². The van der Waals surface area contributed by atoms with Gasteiger partial charge in [-0.2, -0.15) is 0 Å².